The van der Waals surface area contributed by atoms with Crippen molar-refractivity contribution >= 4 is 28.1 Å². The van der Waals surface area contributed by atoms with Crippen molar-refractivity contribution in [1.82, 2.24) is 15.6 Å². The number of H-pyrrole nitrogens is 1. The van der Waals surface area contributed by atoms with Crippen molar-refractivity contribution in [3.63, 3.8) is 0 Å². The molecule has 0 spiro atoms. The highest BCUT2D eigenvalue weighted by Crippen LogP contribution is 2.21. The average Bonchev–Trinajstić information content (AvgIpc) is 3.31. The Hall–Kier alpha value is -2.93. The number of rotatable bonds is 12. The van der Waals surface area contributed by atoms with E-state index in [9.17, 15) is 4.79 Å². The molecule has 0 aliphatic rings. The van der Waals surface area contributed by atoms with E-state index in [1.54, 1.807) is 12.3 Å². The summed E-state index contributed by atoms with van der Waals surface area (Å²) in [6.07, 6.45) is 9.06. The lowest BCUT2D eigenvalue weighted by molar-refractivity contribution is 0.0950. The minimum atomic E-state index is -0.351. The minimum absolute atomic E-state index is 0.344. The molecule has 1 heterocycles. The van der Waals surface area contributed by atoms with E-state index in [0.29, 0.717) is 11.4 Å². The fraction of sp³-hybridized carbons (Fsp3) is 0.320. The molecule has 2 aromatic carbocycles. The zero-order valence-electron chi connectivity index (χ0n) is 18.3. The Balaban J connectivity index is 1.46. The molecule has 1 amide bonds. The number of carbonyl (C=O) groups excluding carboxylic acids is 1. The molecule has 0 aliphatic heterocycles. The maximum absolute atomic E-state index is 12.3. The van der Waals surface area contributed by atoms with Crippen molar-refractivity contribution in [3.05, 3.63) is 70.3 Å². The van der Waals surface area contributed by atoms with Crippen LogP contribution in [0.25, 0.3) is 11.3 Å². The van der Waals surface area contributed by atoms with Gasteiger partial charge in [-0.1, -0.05) is 67.1 Å². The third-order valence-corrected chi connectivity index (χ3v) is 5.52. The summed E-state index contributed by atoms with van der Waals surface area (Å²) in [5.74, 6) is 0.495. The summed E-state index contributed by atoms with van der Waals surface area (Å²) >= 11 is 3.38. The quantitative estimate of drug-likeness (QED) is 0.174. The molecule has 7 heteroatoms. The van der Waals surface area contributed by atoms with E-state index in [2.05, 4.69) is 43.6 Å². The standard InChI is InChI=1S/C25H29BrN4O2/c1-2-3-4-5-6-7-16-32-22-14-10-20(11-15-22)23-17-24(29-28-23)25(31)30-27-18-19-8-12-21(26)13-9-19/h8-15,17-18H,2-7,16H2,1H3,(H,28,29)(H,30,31)/b27-18-. The molecular formula is C25H29BrN4O2. The highest BCUT2D eigenvalue weighted by molar-refractivity contribution is 9.10. The molecule has 0 saturated carbocycles. The number of carbonyl (C=O) groups is 1. The molecule has 6 nitrogen and oxygen atoms in total. The number of nitrogens with zero attached hydrogens (tertiary/aromatic N) is 2. The van der Waals surface area contributed by atoms with Crippen molar-refractivity contribution in [2.45, 2.75) is 45.4 Å². The molecule has 1 aromatic heterocycles. The Morgan fingerprint density at radius 1 is 1.06 bits per heavy atom. The lowest BCUT2D eigenvalue weighted by atomic mass is 10.1. The van der Waals surface area contributed by atoms with Crippen LogP contribution >= 0.6 is 15.9 Å². The first kappa shape index (κ1) is 23.7. The summed E-state index contributed by atoms with van der Waals surface area (Å²) in [6, 6.07) is 17.1. The fourth-order valence-corrected chi connectivity index (χ4v) is 3.42. The number of amides is 1. The number of aromatic nitrogens is 2. The molecule has 3 rings (SSSR count). The van der Waals surface area contributed by atoms with Crippen LogP contribution in [-0.2, 0) is 0 Å². The number of nitrogens with one attached hydrogen (secondary N) is 2. The van der Waals surface area contributed by atoms with Gasteiger partial charge >= 0.3 is 0 Å². The topological polar surface area (TPSA) is 79.4 Å². The van der Waals surface area contributed by atoms with E-state index in [-0.39, 0.29) is 5.91 Å². The Kier molecular flexibility index (Phi) is 9.50. The second-order valence-electron chi connectivity index (χ2n) is 7.56. The minimum Gasteiger partial charge on any atom is -0.494 e. The summed E-state index contributed by atoms with van der Waals surface area (Å²) in [7, 11) is 0. The zero-order chi connectivity index (χ0) is 22.6. The Bertz CT molecular complexity index is 998. The number of hydrogen-bond donors (Lipinski definition) is 2. The van der Waals surface area contributed by atoms with Crippen molar-refractivity contribution in [2.24, 2.45) is 5.10 Å². The molecule has 0 atom stereocenters. The van der Waals surface area contributed by atoms with Crippen LogP contribution in [0.3, 0.4) is 0 Å². The molecule has 0 aliphatic carbocycles. The first-order chi connectivity index (χ1) is 15.7. The first-order valence-electron chi connectivity index (χ1n) is 11.0. The maximum atomic E-state index is 12.3. The second-order valence-corrected chi connectivity index (χ2v) is 8.47. The summed E-state index contributed by atoms with van der Waals surface area (Å²) in [6.45, 7) is 2.96. The lowest BCUT2D eigenvalue weighted by Crippen LogP contribution is -2.17. The van der Waals surface area contributed by atoms with Crippen molar-refractivity contribution in [3.8, 4) is 17.0 Å². The van der Waals surface area contributed by atoms with E-state index in [1.807, 2.05) is 48.5 Å². The number of ether oxygens (including phenoxy) is 1. The van der Waals surface area contributed by atoms with Crippen molar-refractivity contribution in [2.75, 3.05) is 6.61 Å². The largest absolute Gasteiger partial charge is 0.494 e. The Morgan fingerprint density at radius 3 is 2.53 bits per heavy atom. The highest BCUT2D eigenvalue weighted by Gasteiger charge is 2.10. The van der Waals surface area contributed by atoms with Gasteiger partial charge in [-0.25, -0.2) is 5.43 Å². The molecule has 0 bridgehead atoms. The monoisotopic (exact) mass is 496 g/mol. The van der Waals surface area contributed by atoms with E-state index >= 15 is 0 Å². The van der Waals surface area contributed by atoms with Gasteiger partial charge < -0.3 is 4.74 Å². The lowest BCUT2D eigenvalue weighted by Gasteiger charge is -2.06. The molecule has 2 N–H and O–H groups in total. The van der Waals surface area contributed by atoms with Gasteiger partial charge in [0, 0.05) is 10.0 Å². The highest BCUT2D eigenvalue weighted by atomic mass is 79.9. The normalized spacial score (nSPS) is 11.1. The van der Waals surface area contributed by atoms with Crippen LogP contribution in [0.1, 0.15) is 61.5 Å². The van der Waals surface area contributed by atoms with Crippen LogP contribution in [-0.4, -0.2) is 28.9 Å². The molecular weight excluding hydrogens is 468 g/mol. The van der Waals surface area contributed by atoms with Gasteiger partial charge in [0.15, 0.2) is 0 Å². The number of aromatic amines is 1. The zero-order valence-corrected chi connectivity index (χ0v) is 19.9. The molecule has 0 saturated heterocycles. The van der Waals surface area contributed by atoms with E-state index in [1.165, 1.54) is 32.1 Å². The van der Waals surface area contributed by atoms with Gasteiger partial charge in [0.05, 0.1) is 18.5 Å². The third-order valence-electron chi connectivity index (χ3n) is 4.99. The van der Waals surface area contributed by atoms with Gasteiger partial charge in [0.2, 0.25) is 0 Å². The van der Waals surface area contributed by atoms with E-state index in [0.717, 1.165) is 34.4 Å². The number of halogens is 1. The molecule has 168 valence electrons. The molecule has 32 heavy (non-hydrogen) atoms. The predicted molar refractivity (Wildman–Crippen MR) is 132 cm³/mol. The van der Waals surface area contributed by atoms with Gasteiger partial charge in [-0.05, 0) is 54.4 Å². The summed E-state index contributed by atoms with van der Waals surface area (Å²) in [5.41, 5.74) is 5.34. The number of benzene rings is 2. The average molecular weight is 497 g/mol. The smallest absolute Gasteiger partial charge is 0.289 e. The SMILES string of the molecule is CCCCCCCCOc1ccc(-c2cc(C(=O)N/N=C\c3ccc(Br)cc3)[nH]n2)cc1. The summed E-state index contributed by atoms with van der Waals surface area (Å²) < 4.78 is 6.81. The number of hydrogen-bond acceptors (Lipinski definition) is 4. The van der Waals surface area contributed by atoms with Crippen LogP contribution in [0.15, 0.2) is 64.2 Å². The Morgan fingerprint density at radius 2 is 1.78 bits per heavy atom. The molecule has 3 aromatic rings. The van der Waals surface area contributed by atoms with Crippen LogP contribution in [0, 0.1) is 0 Å². The maximum Gasteiger partial charge on any atom is 0.289 e. The Labute approximate surface area is 197 Å². The summed E-state index contributed by atoms with van der Waals surface area (Å²) in [5, 5.41) is 11.0. The summed E-state index contributed by atoms with van der Waals surface area (Å²) in [4.78, 5) is 12.3. The molecule has 0 fully saturated rings. The predicted octanol–water partition coefficient (Wildman–Crippen LogP) is 6.34. The fourth-order valence-electron chi connectivity index (χ4n) is 3.15. The van der Waals surface area contributed by atoms with Gasteiger partial charge in [-0.2, -0.15) is 10.2 Å². The number of unbranched alkanes of at least 4 members (excludes halogenated alkanes) is 5. The van der Waals surface area contributed by atoms with Gasteiger partial charge in [-0.15, -0.1) is 0 Å². The van der Waals surface area contributed by atoms with Crippen molar-refractivity contribution in [1.29, 1.82) is 0 Å². The van der Waals surface area contributed by atoms with E-state index < -0.39 is 0 Å². The van der Waals surface area contributed by atoms with Crippen LogP contribution in [0.4, 0.5) is 0 Å². The van der Waals surface area contributed by atoms with Gasteiger partial charge in [0.1, 0.15) is 11.4 Å². The number of hydrazone groups is 1. The van der Waals surface area contributed by atoms with Crippen molar-refractivity contribution < 1.29 is 9.53 Å². The van der Waals surface area contributed by atoms with Gasteiger partial charge in [0.25, 0.3) is 5.91 Å². The second kappa shape index (κ2) is 12.8. The first-order valence-corrected chi connectivity index (χ1v) is 11.8. The van der Waals surface area contributed by atoms with Crippen LogP contribution in [0.2, 0.25) is 0 Å². The van der Waals surface area contributed by atoms with Crippen LogP contribution < -0.4 is 10.2 Å². The van der Waals surface area contributed by atoms with E-state index in [4.69, 9.17) is 4.74 Å². The third kappa shape index (κ3) is 7.64. The van der Waals surface area contributed by atoms with Gasteiger partial charge in [-0.3, -0.25) is 9.89 Å². The molecule has 0 unspecified atom stereocenters. The van der Waals surface area contributed by atoms with Crippen LogP contribution in [0.5, 0.6) is 5.75 Å². The molecule has 0 radical (unpaired) electrons.